The van der Waals surface area contributed by atoms with Gasteiger partial charge in [0.2, 0.25) is 5.91 Å². The molecule has 0 aliphatic rings. The van der Waals surface area contributed by atoms with E-state index in [1.54, 1.807) is 30.3 Å². The van der Waals surface area contributed by atoms with E-state index in [-0.39, 0.29) is 11.7 Å². The Labute approximate surface area is 134 Å². The molecule has 0 radical (unpaired) electrons. The average molecular weight is 319 g/mol. The fourth-order valence-corrected chi connectivity index (χ4v) is 2.09. The van der Waals surface area contributed by atoms with Crippen LogP contribution in [0.25, 0.3) is 6.08 Å². The Bertz CT molecular complexity index is 696. The van der Waals surface area contributed by atoms with Crippen molar-refractivity contribution in [2.75, 3.05) is 24.3 Å². The smallest absolute Gasteiger partial charge is 0.248 e. The summed E-state index contributed by atoms with van der Waals surface area (Å²) >= 11 is 5.97. The summed E-state index contributed by atoms with van der Waals surface area (Å²) in [5.41, 5.74) is 2.23. The molecule has 0 spiro atoms. The summed E-state index contributed by atoms with van der Waals surface area (Å²) in [5.74, 6) is -0.592. The minimum absolute atomic E-state index is 0.283. The first-order valence-corrected chi connectivity index (χ1v) is 7.05. The van der Waals surface area contributed by atoms with E-state index < -0.39 is 0 Å². The summed E-state index contributed by atoms with van der Waals surface area (Å²) in [5, 5.41) is 3.33. The summed E-state index contributed by atoms with van der Waals surface area (Å²) in [6, 6.07) is 11.2. The molecule has 0 saturated heterocycles. The summed E-state index contributed by atoms with van der Waals surface area (Å²) in [6.45, 7) is 0. The molecular weight excluding hydrogens is 303 g/mol. The molecule has 2 aromatic carbocycles. The Hall–Kier alpha value is -2.33. The topological polar surface area (TPSA) is 32.3 Å². The van der Waals surface area contributed by atoms with Gasteiger partial charge in [0, 0.05) is 25.2 Å². The highest BCUT2D eigenvalue weighted by atomic mass is 35.5. The molecule has 22 heavy (non-hydrogen) atoms. The van der Waals surface area contributed by atoms with E-state index in [1.165, 1.54) is 18.2 Å². The largest absolute Gasteiger partial charge is 0.376 e. The number of carbonyl (C=O) groups is 1. The number of benzene rings is 2. The van der Waals surface area contributed by atoms with Crippen molar-refractivity contribution in [3.05, 3.63) is 64.9 Å². The lowest BCUT2D eigenvalue weighted by Gasteiger charge is -2.17. The SMILES string of the molecule is CN(C)c1ccc(Cl)cc1NC(=O)C=Cc1ccc(F)cc1. The van der Waals surface area contributed by atoms with Gasteiger partial charge < -0.3 is 10.2 Å². The lowest BCUT2D eigenvalue weighted by molar-refractivity contribution is -0.111. The molecule has 0 aliphatic carbocycles. The lowest BCUT2D eigenvalue weighted by Crippen LogP contribution is -2.15. The molecular formula is C17H16ClFN2O. The number of anilines is 2. The van der Waals surface area contributed by atoms with Crippen LogP contribution in [-0.2, 0) is 4.79 Å². The van der Waals surface area contributed by atoms with Gasteiger partial charge in [0.25, 0.3) is 0 Å². The zero-order valence-electron chi connectivity index (χ0n) is 12.3. The predicted octanol–water partition coefficient (Wildman–Crippen LogP) is 4.20. The molecule has 2 rings (SSSR count). The Morgan fingerprint density at radius 3 is 2.50 bits per heavy atom. The van der Waals surface area contributed by atoms with Gasteiger partial charge in [-0.15, -0.1) is 0 Å². The molecule has 0 unspecified atom stereocenters. The van der Waals surface area contributed by atoms with Gasteiger partial charge in [-0.05, 0) is 42.0 Å². The molecule has 5 heteroatoms. The maximum Gasteiger partial charge on any atom is 0.248 e. The number of nitrogens with one attached hydrogen (secondary N) is 1. The number of carbonyl (C=O) groups excluding carboxylic acids is 1. The first kappa shape index (κ1) is 16.0. The Kier molecular flexibility index (Phi) is 5.17. The number of nitrogens with zero attached hydrogens (tertiary/aromatic N) is 1. The molecule has 0 aromatic heterocycles. The fraction of sp³-hybridized carbons (Fsp3) is 0.118. The molecule has 1 amide bonds. The highest BCUT2D eigenvalue weighted by molar-refractivity contribution is 6.31. The number of halogens is 2. The van der Waals surface area contributed by atoms with Crippen LogP contribution in [0.1, 0.15) is 5.56 Å². The molecule has 0 saturated carbocycles. The van der Waals surface area contributed by atoms with Gasteiger partial charge in [-0.25, -0.2) is 4.39 Å². The highest BCUT2D eigenvalue weighted by Gasteiger charge is 2.07. The monoisotopic (exact) mass is 318 g/mol. The third-order valence-corrected chi connectivity index (χ3v) is 3.23. The second-order valence-electron chi connectivity index (χ2n) is 4.93. The number of amides is 1. The molecule has 0 fully saturated rings. The Morgan fingerprint density at radius 1 is 1.18 bits per heavy atom. The van der Waals surface area contributed by atoms with Crippen LogP contribution < -0.4 is 10.2 Å². The Morgan fingerprint density at radius 2 is 1.86 bits per heavy atom. The number of hydrogen-bond acceptors (Lipinski definition) is 2. The number of rotatable bonds is 4. The van der Waals surface area contributed by atoms with Crippen molar-refractivity contribution in [3.8, 4) is 0 Å². The zero-order valence-corrected chi connectivity index (χ0v) is 13.1. The molecule has 0 atom stereocenters. The van der Waals surface area contributed by atoms with Gasteiger partial charge in [0.15, 0.2) is 0 Å². The summed E-state index contributed by atoms with van der Waals surface area (Å²) < 4.78 is 12.8. The van der Waals surface area contributed by atoms with Crippen LogP contribution in [0.4, 0.5) is 15.8 Å². The molecule has 2 aromatic rings. The predicted molar refractivity (Wildman–Crippen MR) is 89.8 cm³/mol. The Balaban J connectivity index is 2.12. The fourth-order valence-electron chi connectivity index (χ4n) is 1.92. The van der Waals surface area contributed by atoms with Crippen molar-refractivity contribution in [2.45, 2.75) is 0 Å². The van der Waals surface area contributed by atoms with E-state index in [0.29, 0.717) is 10.7 Å². The lowest BCUT2D eigenvalue weighted by atomic mass is 10.2. The summed E-state index contributed by atoms with van der Waals surface area (Å²) in [6.07, 6.45) is 3.02. The van der Waals surface area contributed by atoms with E-state index >= 15 is 0 Å². The van der Waals surface area contributed by atoms with Crippen LogP contribution >= 0.6 is 11.6 Å². The minimum Gasteiger partial charge on any atom is -0.376 e. The molecule has 0 bridgehead atoms. The second kappa shape index (κ2) is 7.09. The van der Waals surface area contributed by atoms with Crippen LogP contribution in [0.2, 0.25) is 5.02 Å². The second-order valence-corrected chi connectivity index (χ2v) is 5.37. The maximum atomic E-state index is 12.8. The van der Waals surface area contributed by atoms with Crippen molar-refractivity contribution >= 4 is 35.0 Å². The van der Waals surface area contributed by atoms with E-state index in [9.17, 15) is 9.18 Å². The quantitative estimate of drug-likeness (QED) is 0.857. The van der Waals surface area contributed by atoms with Gasteiger partial charge in [0.05, 0.1) is 11.4 Å². The third-order valence-electron chi connectivity index (χ3n) is 3.00. The van der Waals surface area contributed by atoms with Gasteiger partial charge >= 0.3 is 0 Å². The van der Waals surface area contributed by atoms with Crippen molar-refractivity contribution in [1.82, 2.24) is 0 Å². The minimum atomic E-state index is -0.309. The van der Waals surface area contributed by atoms with Gasteiger partial charge in [-0.1, -0.05) is 23.7 Å². The maximum absolute atomic E-state index is 12.8. The standard InChI is InChI=1S/C17H16ClFN2O/c1-21(2)16-9-6-13(18)11-15(16)20-17(22)10-5-12-3-7-14(19)8-4-12/h3-11H,1-2H3,(H,20,22). The average Bonchev–Trinajstić information content (AvgIpc) is 2.46. The molecule has 114 valence electrons. The normalized spacial score (nSPS) is 10.7. The van der Waals surface area contributed by atoms with E-state index in [4.69, 9.17) is 11.6 Å². The van der Waals surface area contributed by atoms with Crippen molar-refractivity contribution in [3.63, 3.8) is 0 Å². The van der Waals surface area contributed by atoms with Crippen LogP contribution in [0, 0.1) is 5.82 Å². The van der Waals surface area contributed by atoms with E-state index in [0.717, 1.165) is 11.3 Å². The molecule has 0 aliphatic heterocycles. The first-order valence-electron chi connectivity index (χ1n) is 6.67. The molecule has 1 N–H and O–H groups in total. The molecule has 0 heterocycles. The van der Waals surface area contributed by atoms with Crippen LogP contribution in [0.15, 0.2) is 48.5 Å². The van der Waals surface area contributed by atoms with Crippen LogP contribution in [0.3, 0.4) is 0 Å². The van der Waals surface area contributed by atoms with Crippen LogP contribution in [-0.4, -0.2) is 20.0 Å². The zero-order chi connectivity index (χ0) is 16.1. The summed E-state index contributed by atoms with van der Waals surface area (Å²) in [4.78, 5) is 13.9. The van der Waals surface area contributed by atoms with E-state index in [1.807, 2.05) is 25.1 Å². The van der Waals surface area contributed by atoms with Gasteiger partial charge in [0.1, 0.15) is 5.82 Å². The van der Waals surface area contributed by atoms with E-state index in [2.05, 4.69) is 5.32 Å². The van der Waals surface area contributed by atoms with Crippen molar-refractivity contribution < 1.29 is 9.18 Å². The van der Waals surface area contributed by atoms with Gasteiger partial charge in [-0.2, -0.15) is 0 Å². The van der Waals surface area contributed by atoms with Crippen molar-refractivity contribution in [2.24, 2.45) is 0 Å². The molecule has 3 nitrogen and oxygen atoms in total. The first-order chi connectivity index (χ1) is 10.5. The van der Waals surface area contributed by atoms with Gasteiger partial charge in [-0.3, -0.25) is 4.79 Å². The van der Waals surface area contributed by atoms with Crippen LogP contribution in [0.5, 0.6) is 0 Å². The summed E-state index contributed by atoms with van der Waals surface area (Å²) in [7, 11) is 3.76. The van der Waals surface area contributed by atoms with Crippen molar-refractivity contribution in [1.29, 1.82) is 0 Å². The number of hydrogen-bond donors (Lipinski definition) is 1. The highest BCUT2D eigenvalue weighted by Crippen LogP contribution is 2.27. The third kappa shape index (κ3) is 4.33.